The van der Waals surface area contributed by atoms with Crippen molar-refractivity contribution in [1.29, 1.82) is 0 Å². The van der Waals surface area contributed by atoms with Crippen molar-refractivity contribution in [2.75, 3.05) is 12.4 Å². The first-order chi connectivity index (χ1) is 14.4. The standard InChI is InChI=1S/C20H19N3O5S2/c1-3-28-18(24)12-22-16-11-14(23(26)27)8-9-17(16)30-20(22)21-19(25)13-6-5-7-15(10-13)29-4-2/h5-11H,3-4,12H2,1-2H3. The highest BCUT2D eigenvalue weighted by Crippen LogP contribution is 2.23. The van der Waals surface area contributed by atoms with Crippen LogP contribution in [0.25, 0.3) is 10.2 Å². The van der Waals surface area contributed by atoms with Crippen LogP contribution < -0.4 is 4.80 Å². The van der Waals surface area contributed by atoms with Crippen LogP contribution in [0.4, 0.5) is 5.69 Å². The van der Waals surface area contributed by atoms with Gasteiger partial charge in [-0.05, 0) is 36.9 Å². The van der Waals surface area contributed by atoms with Crippen molar-refractivity contribution in [2.45, 2.75) is 25.3 Å². The van der Waals surface area contributed by atoms with Gasteiger partial charge in [0.15, 0.2) is 4.80 Å². The van der Waals surface area contributed by atoms with Gasteiger partial charge in [0.1, 0.15) is 6.54 Å². The smallest absolute Gasteiger partial charge is 0.326 e. The summed E-state index contributed by atoms with van der Waals surface area (Å²) in [6.45, 7) is 3.72. The van der Waals surface area contributed by atoms with Gasteiger partial charge in [0.25, 0.3) is 11.6 Å². The number of carbonyl (C=O) groups is 2. The summed E-state index contributed by atoms with van der Waals surface area (Å²) in [6, 6.07) is 11.5. The van der Waals surface area contributed by atoms with Gasteiger partial charge in [0.05, 0.1) is 21.7 Å². The molecule has 156 valence electrons. The zero-order valence-electron chi connectivity index (χ0n) is 16.4. The van der Waals surface area contributed by atoms with E-state index in [4.69, 9.17) is 4.74 Å². The van der Waals surface area contributed by atoms with E-state index in [-0.39, 0.29) is 23.6 Å². The quantitative estimate of drug-likeness (QED) is 0.235. The van der Waals surface area contributed by atoms with E-state index in [1.165, 1.54) is 28.0 Å². The molecule has 0 saturated carbocycles. The maximum Gasteiger partial charge on any atom is 0.326 e. The second-order valence-corrected chi connectivity index (χ2v) is 8.41. The van der Waals surface area contributed by atoms with Crippen molar-refractivity contribution in [2.24, 2.45) is 4.99 Å². The minimum Gasteiger partial charge on any atom is -0.465 e. The zero-order chi connectivity index (χ0) is 21.7. The number of thiazole rings is 1. The predicted molar refractivity (Wildman–Crippen MR) is 116 cm³/mol. The van der Waals surface area contributed by atoms with E-state index < -0.39 is 16.8 Å². The highest BCUT2D eigenvalue weighted by molar-refractivity contribution is 7.99. The van der Waals surface area contributed by atoms with E-state index in [2.05, 4.69) is 4.99 Å². The maximum atomic E-state index is 12.8. The molecule has 0 fully saturated rings. The molecule has 1 amide bonds. The van der Waals surface area contributed by atoms with Gasteiger partial charge in [-0.3, -0.25) is 19.7 Å². The number of esters is 1. The van der Waals surface area contributed by atoms with Crippen molar-refractivity contribution in [3.05, 3.63) is 62.9 Å². The molecule has 0 aliphatic heterocycles. The minimum absolute atomic E-state index is 0.111. The van der Waals surface area contributed by atoms with E-state index >= 15 is 0 Å². The van der Waals surface area contributed by atoms with Crippen molar-refractivity contribution in [1.82, 2.24) is 4.57 Å². The van der Waals surface area contributed by atoms with E-state index in [9.17, 15) is 19.7 Å². The number of nitro groups is 1. The number of amides is 1. The van der Waals surface area contributed by atoms with Crippen molar-refractivity contribution >= 4 is 50.9 Å². The number of hydrogen-bond donors (Lipinski definition) is 0. The number of non-ortho nitro benzene ring substituents is 1. The lowest BCUT2D eigenvalue weighted by atomic mass is 10.2. The SMILES string of the molecule is CCOC(=O)Cn1c(=NC(=O)c2cccc(SCC)c2)sc2ccc([N+](=O)[O-])cc21. The number of ether oxygens (including phenoxy) is 1. The Bertz CT molecular complexity index is 1180. The Labute approximate surface area is 180 Å². The monoisotopic (exact) mass is 445 g/mol. The van der Waals surface area contributed by atoms with Crippen LogP contribution in [-0.2, 0) is 16.1 Å². The molecule has 0 saturated heterocycles. The molecule has 0 aliphatic rings. The van der Waals surface area contributed by atoms with Gasteiger partial charge in [0.2, 0.25) is 0 Å². The molecule has 0 bridgehead atoms. The Morgan fingerprint density at radius 3 is 2.73 bits per heavy atom. The molecule has 10 heteroatoms. The molecule has 0 unspecified atom stereocenters. The molecule has 0 aliphatic carbocycles. The second-order valence-electron chi connectivity index (χ2n) is 6.06. The molecular weight excluding hydrogens is 426 g/mol. The number of nitro benzene ring substituents is 1. The lowest BCUT2D eigenvalue weighted by Gasteiger charge is -2.05. The fourth-order valence-corrected chi connectivity index (χ4v) is 4.51. The van der Waals surface area contributed by atoms with Crippen LogP contribution >= 0.6 is 23.1 Å². The molecule has 3 aromatic rings. The number of thioether (sulfide) groups is 1. The Kier molecular flexibility index (Phi) is 7.01. The van der Waals surface area contributed by atoms with Crippen LogP contribution in [0.2, 0.25) is 0 Å². The molecule has 2 aromatic carbocycles. The Morgan fingerprint density at radius 2 is 2.03 bits per heavy atom. The Morgan fingerprint density at radius 1 is 1.23 bits per heavy atom. The number of hydrogen-bond acceptors (Lipinski definition) is 7. The highest BCUT2D eigenvalue weighted by atomic mass is 32.2. The summed E-state index contributed by atoms with van der Waals surface area (Å²) in [5.41, 5.74) is 0.767. The summed E-state index contributed by atoms with van der Waals surface area (Å²) < 4.78 is 7.16. The lowest BCUT2D eigenvalue weighted by Crippen LogP contribution is -2.23. The van der Waals surface area contributed by atoms with Gasteiger partial charge >= 0.3 is 5.97 Å². The first kappa shape index (κ1) is 21.7. The van der Waals surface area contributed by atoms with Crippen molar-refractivity contribution in [3.63, 3.8) is 0 Å². The second kappa shape index (κ2) is 9.68. The van der Waals surface area contributed by atoms with Crippen LogP contribution in [0, 0.1) is 10.1 Å². The summed E-state index contributed by atoms with van der Waals surface area (Å²) in [5.74, 6) is -0.0881. The maximum absolute atomic E-state index is 12.8. The Balaban J connectivity index is 2.11. The van der Waals surface area contributed by atoms with E-state index in [0.29, 0.717) is 15.8 Å². The predicted octanol–water partition coefficient (Wildman–Crippen LogP) is 4.03. The first-order valence-electron chi connectivity index (χ1n) is 9.18. The molecule has 0 N–H and O–H groups in total. The van der Waals surface area contributed by atoms with Gasteiger partial charge in [-0.2, -0.15) is 4.99 Å². The van der Waals surface area contributed by atoms with Gasteiger partial charge in [-0.25, -0.2) is 0 Å². The van der Waals surface area contributed by atoms with Crippen molar-refractivity contribution < 1.29 is 19.2 Å². The van der Waals surface area contributed by atoms with Crippen molar-refractivity contribution in [3.8, 4) is 0 Å². The van der Waals surface area contributed by atoms with Crippen LogP contribution in [0.5, 0.6) is 0 Å². The van der Waals surface area contributed by atoms with E-state index in [0.717, 1.165) is 10.6 Å². The van der Waals surface area contributed by atoms with Gasteiger partial charge in [-0.1, -0.05) is 24.3 Å². The molecule has 8 nitrogen and oxygen atoms in total. The molecule has 3 rings (SSSR count). The fourth-order valence-electron chi connectivity index (χ4n) is 2.78. The minimum atomic E-state index is -0.515. The third-order valence-corrected chi connectivity index (χ3v) is 5.99. The third kappa shape index (κ3) is 4.95. The lowest BCUT2D eigenvalue weighted by molar-refractivity contribution is -0.384. The average Bonchev–Trinajstić information content (AvgIpc) is 3.04. The van der Waals surface area contributed by atoms with Crippen LogP contribution in [0.15, 0.2) is 52.4 Å². The fraction of sp³-hybridized carbons (Fsp3) is 0.250. The van der Waals surface area contributed by atoms with Gasteiger partial charge < -0.3 is 9.30 Å². The number of aromatic nitrogens is 1. The van der Waals surface area contributed by atoms with Crippen LogP contribution in [0.3, 0.4) is 0 Å². The number of benzene rings is 2. The van der Waals surface area contributed by atoms with Gasteiger partial charge in [0, 0.05) is 22.6 Å². The number of rotatable bonds is 7. The van der Waals surface area contributed by atoms with E-state index in [1.54, 1.807) is 43.0 Å². The number of fused-ring (bicyclic) bond motifs is 1. The first-order valence-corrected chi connectivity index (χ1v) is 11.0. The largest absolute Gasteiger partial charge is 0.465 e. The molecule has 1 heterocycles. The number of nitrogens with zero attached hydrogens (tertiary/aromatic N) is 3. The van der Waals surface area contributed by atoms with E-state index in [1.807, 2.05) is 13.0 Å². The van der Waals surface area contributed by atoms with Crippen LogP contribution in [0.1, 0.15) is 24.2 Å². The number of carbonyl (C=O) groups excluding carboxylic acids is 2. The molecular formula is C20H19N3O5S2. The summed E-state index contributed by atoms with van der Waals surface area (Å²) in [4.78, 5) is 41.0. The van der Waals surface area contributed by atoms with Crippen LogP contribution in [-0.4, -0.2) is 33.7 Å². The highest BCUT2D eigenvalue weighted by Gasteiger charge is 2.16. The van der Waals surface area contributed by atoms with Gasteiger partial charge in [-0.15, -0.1) is 11.8 Å². The topological polar surface area (TPSA) is 104 Å². The Hall–Kier alpha value is -2.98. The third-order valence-electron chi connectivity index (χ3n) is 4.06. The average molecular weight is 446 g/mol. The summed E-state index contributed by atoms with van der Waals surface area (Å²) in [5, 5.41) is 11.2. The zero-order valence-corrected chi connectivity index (χ0v) is 18.0. The molecule has 0 spiro atoms. The summed E-state index contributed by atoms with van der Waals surface area (Å²) in [7, 11) is 0. The molecule has 1 aromatic heterocycles. The normalized spacial score (nSPS) is 11.6. The molecule has 30 heavy (non-hydrogen) atoms. The summed E-state index contributed by atoms with van der Waals surface area (Å²) >= 11 is 2.80. The molecule has 0 atom stereocenters. The summed E-state index contributed by atoms with van der Waals surface area (Å²) in [6.07, 6.45) is 0. The molecule has 0 radical (unpaired) electrons.